The largest absolute Gasteiger partial charge is 0.372 e. The molecule has 3 N–H and O–H groups in total. The van der Waals surface area contributed by atoms with E-state index in [2.05, 4.69) is 16.0 Å². The van der Waals surface area contributed by atoms with Crippen LogP contribution in [0.15, 0.2) is 18.2 Å². The number of hydrogen-bond acceptors (Lipinski definition) is 4. The summed E-state index contributed by atoms with van der Waals surface area (Å²) in [5.74, 6) is -0.155. The van der Waals surface area contributed by atoms with Gasteiger partial charge in [0.1, 0.15) is 0 Å². The van der Waals surface area contributed by atoms with Crippen LogP contribution in [0.25, 0.3) is 0 Å². The van der Waals surface area contributed by atoms with E-state index in [1.807, 2.05) is 31.9 Å². The highest BCUT2D eigenvalue weighted by Crippen LogP contribution is 2.28. The van der Waals surface area contributed by atoms with Gasteiger partial charge in [-0.3, -0.25) is 9.59 Å². The van der Waals surface area contributed by atoms with Gasteiger partial charge in [-0.2, -0.15) is 0 Å². The molecule has 2 amide bonds. The minimum Gasteiger partial charge on any atom is -0.372 e. The van der Waals surface area contributed by atoms with Crippen molar-refractivity contribution in [2.75, 3.05) is 36.9 Å². The molecule has 1 aliphatic heterocycles. The first-order valence-corrected chi connectivity index (χ1v) is 7.68. The molecule has 24 heavy (non-hydrogen) atoms. The minimum atomic E-state index is -0.131. The predicted octanol–water partition coefficient (Wildman–Crippen LogP) is 2.04. The lowest BCUT2D eigenvalue weighted by molar-refractivity contribution is -0.115. The summed E-state index contributed by atoms with van der Waals surface area (Å²) in [5, 5.41) is 9.00. The Kier molecular flexibility index (Phi) is 9.73. The number of fused-ring (bicyclic) bond motifs is 1. The van der Waals surface area contributed by atoms with Crippen molar-refractivity contribution in [1.29, 1.82) is 0 Å². The van der Waals surface area contributed by atoms with Gasteiger partial charge in [0.25, 0.3) is 5.91 Å². The van der Waals surface area contributed by atoms with Crippen LogP contribution in [0.2, 0.25) is 0 Å². The van der Waals surface area contributed by atoms with Gasteiger partial charge in [-0.15, -0.1) is 24.8 Å². The van der Waals surface area contributed by atoms with E-state index >= 15 is 0 Å². The number of benzene rings is 1. The molecule has 0 bridgehead atoms. The van der Waals surface area contributed by atoms with Gasteiger partial charge in [0.15, 0.2) is 0 Å². The Labute approximate surface area is 155 Å². The van der Waals surface area contributed by atoms with Crippen molar-refractivity contribution >= 4 is 48.0 Å². The maximum Gasteiger partial charge on any atom is 0.251 e. The number of nitrogens with one attached hydrogen (secondary N) is 3. The van der Waals surface area contributed by atoms with Gasteiger partial charge in [0.2, 0.25) is 5.91 Å². The average molecular weight is 377 g/mol. The third kappa shape index (κ3) is 5.85. The molecule has 1 heterocycles. The fourth-order valence-corrected chi connectivity index (χ4v) is 2.48. The summed E-state index contributed by atoms with van der Waals surface area (Å²) < 4.78 is 0. The topological polar surface area (TPSA) is 73.5 Å². The Hall–Kier alpha value is -1.50. The normalized spacial score (nSPS) is 14.3. The van der Waals surface area contributed by atoms with Crippen LogP contribution in [0.4, 0.5) is 11.4 Å². The van der Waals surface area contributed by atoms with E-state index in [1.54, 1.807) is 12.1 Å². The fraction of sp³-hybridized carbons (Fsp3) is 0.500. The first-order valence-electron chi connectivity index (χ1n) is 7.68. The van der Waals surface area contributed by atoms with Crippen LogP contribution in [0, 0.1) is 0 Å². The van der Waals surface area contributed by atoms with Crippen molar-refractivity contribution in [2.24, 2.45) is 0 Å². The molecule has 1 aliphatic rings. The van der Waals surface area contributed by atoms with Gasteiger partial charge in [-0.25, -0.2) is 0 Å². The zero-order valence-corrected chi connectivity index (χ0v) is 15.9. The Morgan fingerprint density at radius 1 is 1.38 bits per heavy atom. The van der Waals surface area contributed by atoms with Gasteiger partial charge >= 0.3 is 0 Å². The first kappa shape index (κ1) is 22.5. The van der Waals surface area contributed by atoms with Gasteiger partial charge in [0, 0.05) is 38.2 Å². The Morgan fingerprint density at radius 2 is 2.08 bits per heavy atom. The maximum absolute atomic E-state index is 12.2. The van der Waals surface area contributed by atoms with Crippen molar-refractivity contribution < 1.29 is 9.59 Å². The highest BCUT2D eigenvalue weighted by molar-refractivity contribution is 6.00. The third-order valence-corrected chi connectivity index (χ3v) is 3.74. The van der Waals surface area contributed by atoms with Crippen LogP contribution in [0.5, 0.6) is 0 Å². The molecular weight excluding hydrogens is 351 g/mol. The van der Waals surface area contributed by atoms with Crippen LogP contribution in [-0.4, -0.2) is 44.5 Å². The lowest BCUT2D eigenvalue weighted by Gasteiger charge is -2.19. The number of carbonyl (C=O) groups is 2. The van der Waals surface area contributed by atoms with Crippen molar-refractivity contribution in [3.05, 3.63) is 23.8 Å². The molecule has 1 aromatic carbocycles. The van der Waals surface area contributed by atoms with E-state index in [0.717, 1.165) is 12.2 Å². The number of nitrogens with zero attached hydrogens (tertiary/aromatic N) is 1. The summed E-state index contributed by atoms with van der Waals surface area (Å²) >= 11 is 0. The molecule has 8 heteroatoms. The molecule has 1 atom stereocenters. The van der Waals surface area contributed by atoms with Crippen molar-refractivity contribution in [3.63, 3.8) is 0 Å². The standard InChI is InChI=1S/C16H24N4O2.2ClH/c1-4-17-11(2)10-18-16(22)12-5-6-14-13(9-12)19-15(21)7-8-20(14)3;;/h5-6,9,11,17H,4,7-8,10H2,1-3H3,(H,18,22)(H,19,21);2*1H/t11-;;/m1../s1. The molecule has 6 nitrogen and oxygen atoms in total. The summed E-state index contributed by atoms with van der Waals surface area (Å²) in [6.07, 6.45) is 0.451. The summed E-state index contributed by atoms with van der Waals surface area (Å²) in [6, 6.07) is 5.63. The smallest absolute Gasteiger partial charge is 0.251 e. The molecule has 1 aromatic rings. The number of carbonyl (C=O) groups excluding carboxylic acids is 2. The van der Waals surface area contributed by atoms with Crippen LogP contribution in [0.3, 0.4) is 0 Å². The highest BCUT2D eigenvalue weighted by Gasteiger charge is 2.18. The molecule has 0 unspecified atom stereocenters. The molecule has 0 aliphatic carbocycles. The van der Waals surface area contributed by atoms with Crippen LogP contribution in [-0.2, 0) is 4.79 Å². The van der Waals surface area contributed by atoms with E-state index in [-0.39, 0.29) is 42.7 Å². The molecule has 0 saturated carbocycles. The minimum absolute atomic E-state index is 0. The van der Waals surface area contributed by atoms with Crippen molar-refractivity contribution in [1.82, 2.24) is 10.6 Å². The molecule has 0 fully saturated rings. The quantitative estimate of drug-likeness (QED) is 0.734. The van der Waals surface area contributed by atoms with E-state index in [4.69, 9.17) is 0 Å². The average Bonchev–Trinajstić information content (AvgIpc) is 2.63. The van der Waals surface area contributed by atoms with E-state index in [9.17, 15) is 9.59 Å². The van der Waals surface area contributed by atoms with Crippen LogP contribution in [0.1, 0.15) is 30.6 Å². The van der Waals surface area contributed by atoms with E-state index < -0.39 is 0 Å². The summed E-state index contributed by atoms with van der Waals surface area (Å²) in [6.45, 7) is 6.16. The fourth-order valence-electron chi connectivity index (χ4n) is 2.48. The maximum atomic E-state index is 12.2. The summed E-state index contributed by atoms with van der Waals surface area (Å²) in [5.41, 5.74) is 2.18. The van der Waals surface area contributed by atoms with Crippen molar-refractivity contribution in [3.8, 4) is 0 Å². The summed E-state index contributed by atoms with van der Waals surface area (Å²) in [7, 11) is 1.94. The van der Waals surface area contributed by atoms with Crippen molar-refractivity contribution in [2.45, 2.75) is 26.3 Å². The molecule has 0 saturated heterocycles. The molecule has 0 spiro atoms. The van der Waals surface area contributed by atoms with E-state index in [1.165, 1.54) is 0 Å². The van der Waals surface area contributed by atoms with Gasteiger partial charge < -0.3 is 20.9 Å². The second-order valence-corrected chi connectivity index (χ2v) is 5.62. The zero-order valence-electron chi connectivity index (χ0n) is 14.2. The monoisotopic (exact) mass is 376 g/mol. The van der Waals surface area contributed by atoms with Gasteiger partial charge in [0.05, 0.1) is 11.4 Å². The number of hydrogen-bond donors (Lipinski definition) is 3. The summed E-state index contributed by atoms with van der Waals surface area (Å²) in [4.78, 5) is 26.0. The molecular formula is C16H26Cl2N4O2. The van der Waals surface area contributed by atoms with Gasteiger partial charge in [-0.05, 0) is 31.7 Å². The second kappa shape index (κ2) is 10.4. The number of halogens is 2. The Balaban J connectivity index is 0.00000264. The number of likely N-dealkylation sites (N-methyl/N-ethyl adjacent to an activating group) is 1. The molecule has 136 valence electrons. The van der Waals surface area contributed by atoms with E-state index in [0.29, 0.717) is 30.8 Å². The SMILES string of the molecule is CCN[C@H](C)CNC(=O)c1ccc2c(c1)NC(=O)CCN2C.Cl.Cl. The Morgan fingerprint density at radius 3 is 2.75 bits per heavy atom. The Bertz CT molecular complexity index is 569. The lowest BCUT2D eigenvalue weighted by Crippen LogP contribution is -2.38. The predicted molar refractivity (Wildman–Crippen MR) is 103 cm³/mol. The third-order valence-electron chi connectivity index (χ3n) is 3.74. The van der Waals surface area contributed by atoms with Gasteiger partial charge in [-0.1, -0.05) is 6.92 Å². The highest BCUT2D eigenvalue weighted by atomic mass is 35.5. The second-order valence-electron chi connectivity index (χ2n) is 5.62. The molecule has 0 radical (unpaired) electrons. The molecule has 2 rings (SSSR count). The number of rotatable bonds is 5. The number of amides is 2. The zero-order chi connectivity index (χ0) is 16.1. The lowest BCUT2D eigenvalue weighted by atomic mass is 10.1. The van der Waals surface area contributed by atoms with Crippen LogP contribution < -0.4 is 20.9 Å². The number of anilines is 2. The van der Waals surface area contributed by atoms with Crippen LogP contribution >= 0.6 is 24.8 Å². The molecule has 0 aromatic heterocycles. The first-order chi connectivity index (χ1) is 10.5.